The third kappa shape index (κ3) is 27.3. The molecule has 4 N–H and O–H groups in total. The second-order valence-corrected chi connectivity index (χ2v) is 16.9. The quantitative estimate of drug-likeness (QED) is 0.0272. The van der Waals surface area contributed by atoms with E-state index in [1.54, 1.807) is 0 Å². The first-order chi connectivity index (χ1) is 26.0. The fraction of sp³-hybridized carbons (Fsp3) is 0.951. The molecule has 0 spiro atoms. The summed E-state index contributed by atoms with van der Waals surface area (Å²) >= 11 is 0. The van der Waals surface area contributed by atoms with Crippen molar-refractivity contribution in [3.63, 3.8) is 0 Å². The Hall–Kier alpha value is -1.35. The van der Waals surface area contributed by atoms with Gasteiger partial charge < -0.3 is 34.3 Å². The molecule has 54 heavy (non-hydrogen) atoms. The highest BCUT2D eigenvalue weighted by Gasteiger charge is 2.46. The van der Waals surface area contributed by atoms with E-state index in [9.17, 15) is 37.9 Å². The van der Waals surface area contributed by atoms with Gasteiger partial charge in [-0.3, -0.25) is 14.1 Å². The summed E-state index contributed by atoms with van der Waals surface area (Å²) in [6.45, 7) is 3.76. The van der Waals surface area contributed by atoms with Gasteiger partial charge in [-0.1, -0.05) is 168 Å². The van der Waals surface area contributed by atoms with Gasteiger partial charge in [0.05, 0.1) is 6.61 Å². The molecule has 0 amide bonds. The maximum absolute atomic E-state index is 12.8. The Bertz CT molecular complexity index is 1030. The fourth-order valence-corrected chi connectivity index (χ4v) is 7.49. The summed E-state index contributed by atoms with van der Waals surface area (Å²) < 4.78 is 53.9. The van der Waals surface area contributed by atoms with Crippen LogP contribution in [0.1, 0.15) is 194 Å². The van der Waals surface area contributed by atoms with Crippen LogP contribution >= 0.6 is 0 Å². The van der Waals surface area contributed by atoms with Crippen molar-refractivity contribution < 1.29 is 56.8 Å². The predicted octanol–water partition coefficient (Wildman–Crippen LogP) is 8.12. The highest BCUT2D eigenvalue weighted by Crippen LogP contribution is 2.24. The molecule has 0 bridgehead atoms. The lowest BCUT2D eigenvalue weighted by molar-refractivity contribution is -0.297. The second kappa shape index (κ2) is 32.7. The number of hydrogen-bond donors (Lipinski definition) is 4. The molecule has 1 heterocycles. The van der Waals surface area contributed by atoms with Crippen LogP contribution in [0.25, 0.3) is 0 Å². The van der Waals surface area contributed by atoms with Gasteiger partial charge in [-0.15, -0.1) is 0 Å². The first-order valence-electron chi connectivity index (χ1n) is 21.6. The summed E-state index contributed by atoms with van der Waals surface area (Å²) in [5.41, 5.74) is 0. The Morgan fingerprint density at radius 1 is 0.556 bits per heavy atom. The van der Waals surface area contributed by atoms with Crippen molar-refractivity contribution in [2.24, 2.45) is 0 Å². The van der Waals surface area contributed by atoms with E-state index in [2.05, 4.69) is 13.8 Å². The van der Waals surface area contributed by atoms with E-state index in [-0.39, 0.29) is 19.4 Å². The number of carbonyl (C=O) groups excluding carboxylic acids is 2. The number of ether oxygens (including phenoxy) is 4. The predicted molar refractivity (Wildman–Crippen MR) is 211 cm³/mol. The Kier molecular flexibility index (Phi) is 30.7. The molecule has 12 nitrogen and oxygen atoms in total. The minimum atomic E-state index is -4.59. The average molecular weight is 795 g/mol. The van der Waals surface area contributed by atoms with Crippen molar-refractivity contribution in [2.75, 3.05) is 19.0 Å². The van der Waals surface area contributed by atoms with E-state index < -0.39 is 71.2 Å². The van der Waals surface area contributed by atoms with Gasteiger partial charge in [0.2, 0.25) is 0 Å². The molecule has 1 saturated heterocycles. The third-order valence-corrected chi connectivity index (χ3v) is 10.9. The highest BCUT2D eigenvalue weighted by molar-refractivity contribution is 7.85. The van der Waals surface area contributed by atoms with Crippen LogP contribution in [0.3, 0.4) is 0 Å². The molecule has 0 aliphatic carbocycles. The van der Waals surface area contributed by atoms with Crippen molar-refractivity contribution in [3.05, 3.63) is 0 Å². The van der Waals surface area contributed by atoms with Gasteiger partial charge in [-0.25, -0.2) is 0 Å². The van der Waals surface area contributed by atoms with E-state index in [0.717, 1.165) is 38.5 Å². The van der Waals surface area contributed by atoms with Crippen LogP contribution in [0.4, 0.5) is 0 Å². The fourth-order valence-electron chi connectivity index (χ4n) is 6.79. The van der Waals surface area contributed by atoms with Crippen LogP contribution in [-0.4, -0.2) is 96.0 Å². The van der Waals surface area contributed by atoms with E-state index in [1.807, 2.05) is 0 Å². The molecular formula is C41H78O12S. The van der Waals surface area contributed by atoms with E-state index in [0.29, 0.717) is 12.8 Å². The number of unbranched alkanes of at least 4 members (excludes halogenated alkanes) is 24. The van der Waals surface area contributed by atoms with Crippen LogP contribution in [0.5, 0.6) is 0 Å². The van der Waals surface area contributed by atoms with Gasteiger partial charge in [-0.2, -0.15) is 8.42 Å². The Morgan fingerprint density at radius 2 is 0.944 bits per heavy atom. The number of esters is 2. The van der Waals surface area contributed by atoms with Crippen molar-refractivity contribution in [2.45, 2.75) is 230 Å². The van der Waals surface area contributed by atoms with Gasteiger partial charge in [0.1, 0.15) is 36.8 Å². The molecule has 0 aromatic heterocycles. The first kappa shape index (κ1) is 50.7. The Morgan fingerprint density at radius 3 is 1.35 bits per heavy atom. The smallest absolute Gasteiger partial charge is 0.306 e. The van der Waals surface area contributed by atoms with Crippen molar-refractivity contribution in [3.8, 4) is 0 Å². The van der Waals surface area contributed by atoms with Gasteiger partial charge in [0.25, 0.3) is 10.1 Å². The van der Waals surface area contributed by atoms with Gasteiger partial charge in [0, 0.05) is 12.8 Å². The number of hydrogen-bond acceptors (Lipinski definition) is 11. The topological polar surface area (TPSA) is 186 Å². The molecule has 0 saturated carbocycles. The van der Waals surface area contributed by atoms with Crippen LogP contribution in [0, 0.1) is 0 Å². The van der Waals surface area contributed by atoms with Crippen molar-refractivity contribution in [1.82, 2.24) is 0 Å². The molecule has 1 aliphatic heterocycles. The maximum atomic E-state index is 12.8. The Balaban J connectivity index is 2.46. The zero-order valence-corrected chi connectivity index (χ0v) is 34.7. The summed E-state index contributed by atoms with van der Waals surface area (Å²) in [6.07, 6.45) is 21.5. The number of aliphatic hydroxyl groups excluding tert-OH is 3. The van der Waals surface area contributed by atoms with Crippen molar-refractivity contribution >= 4 is 22.1 Å². The molecule has 1 fully saturated rings. The zero-order chi connectivity index (χ0) is 39.9. The summed E-state index contributed by atoms with van der Waals surface area (Å²) in [7, 11) is -4.59. The molecule has 0 aromatic rings. The Labute approximate surface area is 327 Å². The first-order valence-corrected chi connectivity index (χ1v) is 23.2. The molecule has 0 aromatic carbocycles. The van der Waals surface area contributed by atoms with Gasteiger partial charge >= 0.3 is 11.9 Å². The summed E-state index contributed by atoms with van der Waals surface area (Å²) in [5.74, 6) is -1.97. The monoisotopic (exact) mass is 795 g/mol. The van der Waals surface area contributed by atoms with E-state index in [1.165, 1.54) is 116 Å². The minimum absolute atomic E-state index is 0.172. The molecule has 13 heteroatoms. The molecule has 6 atom stereocenters. The van der Waals surface area contributed by atoms with Gasteiger partial charge in [-0.05, 0) is 12.8 Å². The molecule has 1 aliphatic rings. The molecule has 1 rings (SSSR count). The van der Waals surface area contributed by atoms with E-state index in [4.69, 9.17) is 18.9 Å². The highest BCUT2D eigenvalue weighted by atomic mass is 32.2. The molecule has 0 radical (unpaired) electrons. The molecule has 2 unspecified atom stereocenters. The zero-order valence-electron chi connectivity index (χ0n) is 33.8. The number of rotatable bonds is 36. The third-order valence-electron chi connectivity index (χ3n) is 10.2. The average Bonchev–Trinajstić information content (AvgIpc) is 3.13. The van der Waals surface area contributed by atoms with E-state index >= 15 is 0 Å². The summed E-state index contributed by atoms with van der Waals surface area (Å²) in [5, 5.41) is 30.8. The van der Waals surface area contributed by atoms with Crippen LogP contribution in [0.15, 0.2) is 0 Å². The van der Waals surface area contributed by atoms with Crippen LogP contribution < -0.4 is 0 Å². The van der Waals surface area contributed by atoms with Gasteiger partial charge in [0.15, 0.2) is 12.4 Å². The molecule has 320 valence electrons. The number of carbonyl (C=O) groups is 2. The number of aliphatic hydroxyl groups is 3. The summed E-state index contributed by atoms with van der Waals surface area (Å²) in [4.78, 5) is 25.3. The largest absolute Gasteiger partial charge is 0.462 e. The lowest BCUT2D eigenvalue weighted by atomic mass is 10.00. The normalized spacial score (nSPS) is 20.9. The van der Waals surface area contributed by atoms with Crippen LogP contribution in [-0.2, 0) is 38.7 Å². The standard InChI is InChI=1S/C41H78O12S/c1-3-5-7-9-11-13-15-17-19-21-23-25-27-29-36(42)50-31-34(32-51-41-40(46)39(45)38(44)35(53-41)33-54(47,48)49)52-37(43)30-28-26-24-22-20-18-16-14-12-10-8-6-4-2/h34-35,38-41,44-46H,3-33H2,1-2H3,(H,47,48,49)/t34-,35-,38-,39?,40?,41+/m1/s1. The van der Waals surface area contributed by atoms with Crippen LogP contribution in [0.2, 0.25) is 0 Å². The molecular weight excluding hydrogens is 717 g/mol. The van der Waals surface area contributed by atoms with Crippen molar-refractivity contribution in [1.29, 1.82) is 0 Å². The second-order valence-electron chi connectivity index (χ2n) is 15.4. The lowest BCUT2D eigenvalue weighted by Crippen LogP contribution is -2.60. The lowest BCUT2D eigenvalue weighted by Gasteiger charge is -2.40. The summed E-state index contributed by atoms with van der Waals surface area (Å²) in [6, 6.07) is 0. The maximum Gasteiger partial charge on any atom is 0.306 e. The SMILES string of the molecule is CCCCCCCCCCCCCCCC(=O)OC[C@H](CO[C@H]1O[C@H](CS(=O)(=O)O)[C@@H](O)C(O)C1O)OC(=O)CCCCCCCCCCCCCCC. The minimum Gasteiger partial charge on any atom is -0.462 e.